The average molecular weight is 212 g/mol. The number of aromatic nitrogens is 2. The molecule has 2 heterocycles. The van der Waals surface area contributed by atoms with Gasteiger partial charge in [-0.2, -0.15) is 0 Å². The number of rotatable bonds is 1. The second-order valence-corrected chi connectivity index (χ2v) is 4.17. The molecule has 0 N–H and O–H groups in total. The lowest BCUT2D eigenvalue weighted by molar-refractivity contribution is 1.12. The van der Waals surface area contributed by atoms with E-state index in [1.54, 1.807) is 0 Å². The Morgan fingerprint density at radius 2 is 1.62 bits per heavy atom. The topological polar surface area (TPSA) is 25.8 Å². The van der Waals surface area contributed by atoms with Crippen LogP contribution in [0.1, 0.15) is 22.5 Å². The Morgan fingerprint density at radius 3 is 2.31 bits per heavy atom. The van der Waals surface area contributed by atoms with Crippen LogP contribution in [0, 0.1) is 27.7 Å². The van der Waals surface area contributed by atoms with Crippen LogP contribution >= 0.6 is 0 Å². The molecule has 0 saturated carbocycles. The summed E-state index contributed by atoms with van der Waals surface area (Å²) < 4.78 is 0. The molecule has 0 saturated heterocycles. The molecule has 82 valence electrons. The minimum atomic E-state index is 1.03. The highest BCUT2D eigenvalue weighted by molar-refractivity contribution is 5.64. The van der Waals surface area contributed by atoms with Crippen LogP contribution in [0.25, 0.3) is 11.3 Å². The Labute approximate surface area is 96.4 Å². The van der Waals surface area contributed by atoms with Gasteiger partial charge in [0.25, 0.3) is 0 Å². The Kier molecular flexibility index (Phi) is 2.73. The van der Waals surface area contributed by atoms with Gasteiger partial charge in [0.05, 0.1) is 5.69 Å². The summed E-state index contributed by atoms with van der Waals surface area (Å²) in [6.45, 7) is 8.24. The highest BCUT2D eigenvalue weighted by Gasteiger charge is 2.06. The predicted molar refractivity (Wildman–Crippen MR) is 66.4 cm³/mol. The summed E-state index contributed by atoms with van der Waals surface area (Å²) >= 11 is 0. The third kappa shape index (κ3) is 1.83. The van der Waals surface area contributed by atoms with Gasteiger partial charge in [0.1, 0.15) is 0 Å². The monoisotopic (exact) mass is 212 g/mol. The Balaban J connectivity index is 2.59. The molecule has 0 unspecified atom stereocenters. The molecule has 16 heavy (non-hydrogen) atoms. The number of pyridine rings is 2. The van der Waals surface area contributed by atoms with Gasteiger partial charge in [-0.3, -0.25) is 9.97 Å². The van der Waals surface area contributed by atoms with Crippen LogP contribution in [0.3, 0.4) is 0 Å². The SMILES string of the molecule is Cc1ccc(-c2ccnc(C)c2C)nc1C. The van der Waals surface area contributed by atoms with Crippen LogP contribution in [-0.2, 0) is 0 Å². The predicted octanol–water partition coefficient (Wildman–Crippen LogP) is 3.38. The zero-order chi connectivity index (χ0) is 11.7. The van der Waals surface area contributed by atoms with E-state index >= 15 is 0 Å². The van der Waals surface area contributed by atoms with Crippen molar-refractivity contribution in [1.82, 2.24) is 9.97 Å². The van der Waals surface area contributed by atoms with Crippen LogP contribution in [0.15, 0.2) is 24.4 Å². The van der Waals surface area contributed by atoms with E-state index in [2.05, 4.69) is 35.9 Å². The van der Waals surface area contributed by atoms with E-state index in [0.29, 0.717) is 0 Å². The van der Waals surface area contributed by atoms with Gasteiger partial charge in [-0.05, 0) is 51.0 Å². The molecule has 2 rings (SSSR count). The lowest BCUT2D eigenvalue weighted by atomic mass is 10.0. The molecule has 0 amide bonds. The summed E-state index contributed by atoms with van der Waals surface area (Å²) in [5, 5.41) is 0. The minimum absolute atomic E-state index is 1.03. The van der Waals surface area contributed by atoms with Crippen LogP contribution < -0.4 is 0 Å². The third-order valence-corrected chi connectivity index (χ3v) is 3.08. The zero-order valence-electron chi connectivity index (χ0n) is 10.2. The molecule has 0 aromatic carbocycles. The van der Waals surface area contributed by atoms with Crippen LogP contribution in [0.2, 0.25) is 0 Å². The molecule has 2 aromatic heterocycles. The number of aryl methyl sites for hydroxylation is 3. The smallest absolute Gasteiger partial charge is 0.0709 e. The van der Waals surface area contributed by atoms with Gasteiger partial charge >= 0.3 is 0 Å². The van der Waals surface area contributed by atoms with Crippen LogP contribution in [-0.4, -0.2) is 9.97 Å². The van der Waals surface area contributed by atoms with Crippen molar-refractivity contribution >= 4 is 0 Å². The summed E-state index contributed by atoms with van der Waals surface area (Å²) in [6, 6.07) is 6.22. The maximum absolute atomic E-state index is 4.62. The van der Waals surface area contributed by atoms with Gasteiger partial charge in [0.2, 0.25) is 0 Å². The Bertz CT molecular complexity index is 530. The molecule has 0 bridgehead atoms. The van der Waals surface area contributed by atoms with Gasteiger partial charge in [-0.15, -0.1) is 0 Å². The summed E-state index contributed by atoms with van der Waals surface area (Å²) in [4.78, 5) is 8.89. The second-order valence-electron chi connectivity index (χ2n) is 4.17. The Hall–Kier alpha value is -1.70. The molecule has 0 aliphatic heterocycles. The van der Waals surface area contributed by atoms with Crippen molar-refractivity contribution in [1.29, 1.82) is 0 Å². The molecule has 0 fully saturated rings. The van der Waals surface area contributed by atoms with Gasteiger partial charge in [0.15, 0.2) is 0 Å². The number of hydrogen-bond acceptors (Lipinski definition) is 2. The van der Waals surface area contributed by atoms with Crippen LogP contribution in [0.4, 0.5) is 0 Å². The van der Waals surface area contributed by atoms with E-state index in [-0.39, 0.29) is 0 Å². The molecule has 0 atom stereocenters. The molecule has 0 radical (unpaired) electrons. The van der Waals surface area contributed by atoms with E-state index in [0.717, 1.165) is 17.1 Å². The van der Waals surface area contributed by atoms with Gasteiger partial charge < -0.3 is 0 Å². The number of hydrogen-bond donors (Lipinski definition) is 0. The van der Waals surface area contributed by atoms with Gasteiger partial charge in [-0.25, -0.2) is 0 Å². The molecular formula is C14H16N2. The highest BCUT2D eigenvalue weighted by Crippen LogP contribution is 2.23. The molecule has 0 aliphatic rings. The largest absolute Gasteiger partial charge is 0.261 e. The van der Waals surface area contributed by atoms with Gasteiger partial charge in [0, 0.05) is 23.1 Å². The first-order chi connectivity index (χ1) is 7.59. The summed E-state index contributed by atoms with van der Waals surface area (Å²) in [6.07, 6.45) is 1.84. The van der Waals surface area contributed by atoms with Crippen molar-refractivity contribution in [3.63, 3.8) is 0 Å². The Morgan fingerprint density at radius 1 is 0.875 bits per heavy atom. The standard InChI is InChI=1S/C14H16N2/c1-9-5-6-14(16-11(9)3)13-7-8-15-12(4)10(13)2/h5-8H,1-4H3. The van der Waals surface area contributed by atoms with Crippen molar-refractivity contribution in [2.75, 3.05) is 0 Å². The van der Waals surface area contributed by atoms with Gasteiger partial charge in [-0.1, -0.05) is 6.07 Å². The molecule has 0 spiro atoms. The lowest BCUT2D eigenvalue weighted by Gasteiger charge is -2.08. The molecule has 2 aromatic rings. The van der Waals surface area contributed by atoms with Crippen molar-refractivity contribution in [3.05, 3.63) is 46.9 Å². The lowest BCUT2D eigenvalue weighted by Crippen LogP contribution is -1.94. The normalized spacial score (nSPS) is 10.5. The summed E-state index contributed by atoms with van der Waals surface area (Å²) in [5.41, 5.74) is 6.80. The second kappa shape index (κ2) is 4.05. The fourth-order valence-corrected chi connectivity index (χ4v) is 1.70. The molecule has 2 heteroatoms. The highest BCUT2D eigenvalue weighted by atomic mass is 14.7. The first-order valence-electron chi connectivity index (χ1n) is 5.46. The zero-order valence-corrected chi connectivity index (χ0v) is 10.2. The van der Waals surface area contributed by atoms with E-state index in [1.165, 1.54) is 16.7 Å². The average Bonchev–Trinajstić information content (AvgIpc) is 2.26. The summed E-state index contributed by atoms with van der Waals surface area (Å²) in [7, 11) is 0. The fourth-order valence-electron chi connectivity index (χ4n) is 1.70. The minimum Gasteiger partial charge on any atom is -0.261 e. The molecular weight excluding hydrogens is 196 g/mol. The van der Waals surface area contributed by atoms with E-state index in [4.69, 9.17) is 0 Å². The van der Waals surface area contributed by atoms with Crippen molar-refractivity contribution in [2.45, 2.75) is 27.7 Å². The fraction of sp³-hybridized carbons (Fsp3) is 0.286. The first kappa shape index (κ1) is 10.8. The van der Waals surface area contributed by atoms with Crippen LogP contribution in [0.5, 0.6) is 0 Å². The van der Waals surface area contributed by atoms with E-state index < -0.39 is 0 Å². The number of nitrogens with zero attached hydrogens (tertiary/aromatic N) is 2. The maximum Gasteiger partial charge on any atom is 0.0709 e. The van der Waals surface area contributed by atoms with E-state index in [1.807, 2.05) is 26.1 Å². The first-order valence-corrected chi connectivity index (χ1v) is 5.46. The molecule has 2 nitrogen and oxygen atoms in total. The molecule has 0 aliphatic carbocycles. The van der Waals surface area contributed by atoms with Crippen molar-refractivity contribution in [3.8, 4) is 11.3 Å². The third-order valence-electron chi connectivity index (χ3n) is 3.08. The summed E-state index contributed by atoms with van der Waals surface area (Å²) in [5.74, 6) is 0. The maximum atomic E-state index is 4.62. The van der Waals surface area contributed by atoms with Crippen molar-refractivity contribution in [2.24, 2.45) is 0 Å². The quantitative estimate of drug-likeness (QED) is 0.724. The van der Waals surface area contributed by atoms with E-state index in [9.17, 15) is 0 Å². The van der Waals surface area contributed by atoms with Crippen molar-refractivity contribution < 1.29 is 0 Å².